The molecule has 0 aliphatic heterocycles. The molecule has 2 aromatic carbocycles. The molecule has 0 aliphatic carbocycles. The summed E-state index contributed by atoms with van der Waals surface area (Å²) in [5.41, 5.74) is 6.87. The number of nitrogens with zero attached hydrogens (tertiary/aromatic N) is 2. The first-order valence-corrected chi connectivity index (χ1v) is 7.99. The Morgan fingerprint density at radius 3 is 1.96 bits per heavy atom. The Balaban J connectivity index is 2.14. The normalized spacial score (nSPS) is 15.5. The largest absolute Gasteiger partial charge is 0.394 e. The van der Waals surface area contributed by atoms with Crippen molar-refractivity contribution in [1.29, 1.82) is 0 Å². The highest BCUT2D eigenvalue weighted by Gasteiger charge is 2.27. The minimum absolute atomic E-state index is 0.0303. The number of hydrogen-bond donors (Lipinski definition) is 6. The summed E-state index contributed by atoms with van der Waals surface area (Å²) >= 11 is 0. The van der Waals surface area contributed by atoms with Crippen LogP contribution in [0.2, 0.25) is 0 Å². The van der Waals surface area contributed by atoms with Gasteiger partial charge in [-0.15, -0.1) is 0 Å². The molecule has 2 aromatic rings. The summed E-state index contributed by atoms with van der Waals surface area (Å²) in [5, 5.41) is 46.7. The van der Waals surface area contributed by atoms with Gasteiger partial charge in [-0.05, 0) is 24.3 Å². The molecule has 0 fully saturated rings. The van der Waals surface area contributed by atoms with E-state index < -0.39 is 24.9 Å². The smallest absolute Gasteiger partial charge is 0.128 e. The Labute approximate surface area is 151 Å². The molecular formula is C18H22N4O4. The Bertz CT molecular complexity index is 710. The topological polar surface area (TPSA) is 130 Å². The summed E-state index contributed by atoms with van der Waals surface area (Å²) in [4.78, 5) is 0. The molecule has 8 nitrogen and oxygen atoms in total. The molecule has 0 bridgehead atoms. The van der Waals surface area contributed by atoms with Crippen LogP contribution in [-0.2, 0) is 0 Å². The third-order valence-electron chi connectivity index (χ3n) is 3.46. The van der Waals surface area contributed by atoms with Gasteiger partial charge in [-0.3, -0.25) is 10.9 Å². The molecule has 0 radical (unpaired) electrons. The molecule has 26 heavy (non-hydrogen) atoms. The minimum Gasteiger partial charge on any atom is -0.394 e. The molecule has 6 N–H and O–H groups in total. The molecule has 0 amide bonds. The first kappa shape index (κ1) is 19.5. The van der Waals surface area contributed by atoms with Crippen LogP contribution in [0, 0.1) is 0 Å². The molecule has 0 heterocycles. The zero-order chi connectivity index (χ0) is 18.8. The summed E-state index contributed by atoms with van der Waals surface area (Å²) in [5.74, 6) is 0. The van der Waals surface area contributed by atoms with Gasteiger partial charge in [0.05, 0.1) is 24.2 Å². The lowest BCUT2D eigenvalue weighted by Crippen LogP contribution is -2.44. The van der Waals surface area contributed by atoms with Crippen molar-refractivity contribution in [2.45, 2.75) is 18.3 Å². The summed E-state index contributed by atoms with van der Waals surface area (Å²) < 4.78 is 0. The second-order valence-corrected chi connectivity index (χ2v) is 5.44. The van der Waals surface area contributed by atoms with Crippen LogP contribution in [0.4, 0.5) is 11.4 Å². The summed E-state index contributed by atoms with van der Waals surface area (Å²) in [7, 11) is 0. The van der Waals surface area contributed by atoms with Gasteiger partial charge in [-0.1, -0.05) is 36.4 Å². The van der Waals surface area contributed by atoms with Gasteiger partial charge < -0.3 is 20.4 Å². The molecule has 0 spiro atoms. The minimum atomic E-state index is -1.63. The Morgan fingerprint density at radius 1 is 0.885 bits per heavy atom. The monoisotopic (exact) mass is 358 g/mol. The van der Waals surface area contributed by atoms with Crippen LogP contribution in [-0.4, -0.2) is 57.3 Å². The highest BCUT2D eigenvalue weighted by Crippen LogP contribution is 2.08. The molecule has 8 heteroatoms. The fourth-order valence-electron chi connectivity index (χ4n) is 1.99. The van der Waals surface area contributed by atoms with E-state index in [4.69, 9.17) is 5.11 Å². The van der Waals surface area contributed by atoms with E-state index in [0.717, 1.165) is 5.69 Å². The van der Waals surface area contributed by atoms with E-state index >= 15 is 0 Å². The third-order valence-corrected chi connectivity index (χ3v) is 3.46. The van der Waals surface area contributed by atoms with E-state index in [1.165, 1.54) is 6.21 Å². The second kappa shape index (κ2) is 10.3. The SMILES string of the molecule is OC[C@H](O)[C@H](O)[C@H](O)C(/C=N\Nc1ccccc1)=N/Nc1ccccc1. The Hall–Kier alpha value is -2.78. The van der Waals surface area contributed by atoms with Crippen molar-refractivity contribution in [3.8, 4) is 0 Å². The molecule has 0 saturated heterocycles. The van der Waals surface area contributed by atoms with Crippen LogP contribution in [0.15, 0.2) is 70.9 Å². The van der Waals surface area contributed by atoms with Crippen molar-refractivity contribution in [2.24, 2.45) is 10.2 Å². The zero-order valence-electron chi connectivity index (χ0n) is 14.0. The Morgan fingerprint density at radius 2 is 1.42 bits per heavy atom. The summed E-state index contributed by atoms with van der Waals surface area (Å²) in [6.07, 6.45) is -3.47. The maximum absolute atomic E-state index is 10.2. The Kier molecular flexibility index (Phi) is 7.72. The fraction of sp³-hybridized carbons (Fsp3) is 0.222. The summed E-state index contributed by atoms with van der Waals surface area (Å²) in [6.45, 7) is -0.697. The van der Waals surface area contributed by atoms with Crippen molar-refractivity contribution in [1.82, 2.24) is 0 Å². The molecule has 0 unspecified atom stereocenters. The molecule has 0 saturated carbocycles. The number of anilines is 2. The van der Waals surface area contributed by atoms with Gasteiger partial charge in [0.1, 0.15) is 24.0 Å². The first-order chi connectivity index (χ1) is 12.6. The highest BCUT2D eigenvalue weighted by atomic mass is 16.4. The lowest BCUT2D eigenvalue weighted by molar-refractivity contribution is -0.0548. The van der Waals surface area contributed by atoms with Crippen LogP contribution in [0.5, 0.6) is 0 Å². The zero-order valence-corrected chi connectivity index (χ0v) is 14.0. The highest BCUT2D eigenvalue weighted by molar-refractivity contribution is 6.33. The predicted molar refractivity (Wildman–Crippen MR) is 101 cm³/mol. The standard InChI is InChI=1S/C18H22N4O4/c23-12-16(24)18(26)17(25)15(22-21-14-9-5-2-6-10-14)11-19-20-13-7-3-1-4-8-13/h1-11,16-18,20-21,23-26H,12H2/b19-11-,22-15+/t16-,17+,18-/m0/s1. The van der Waals surface area contributed by atoms with Gasteiger partial charge in [0.15, 0.2) is 0 Å². The van der Waals surface area contributed by atoms with Crippen LogP contribution >= 0.6 is 0 Å². The van der Waals surface area contributed by atoms with E-state index in [1.54, 1.807) is 24.3 Å². The number of aliphatic hydroxyl groups excluding tert-OH is 4. The molecule has 2 rings (SSSR count). The predicted octanol–water partition coefficient (Wildman–Crippen LogP) is 0.627. The van der Waals surface area contributed by atoms with E-state index in [2.05, 4.69) is 21.1 Å². The van der Waals surface area contributed by atoms with Gasteiger partial charge in [0.2, 0.25) is 0 Å². The van der Waals surface area contributed by atoms with Crippen molar-refractivity contribution in [3.63, 3.8) is 0 Å². The van der Waals surface area contributed by atoms with Crippen molar-refractivity contribution in [3.05, 3.63) is 60.7 Å². The van der Waals surface area contributed by atoms with Gasteiger partial charge in [0.25, 0.3) is 0 Å². The van der Waals surface area contributed by atoms with Crippen LogP contribution < -0.4 is 10.9 Å². The number of hydrazone groups is 2. The van der Waals surface area contributed by atoms with Gasteiger partial charge in [-0.25, -0.2) is 0 Å². The van der Waals surface area contributed by atoms with Gasteiger partial charge in [0, 0.05) is 0 Å². The van der Waals surface area contributed by atoms with Crippen molar-refractivity contribution in [2.75, 3.05) is 17.5 Å². The van der Waals surface area contributed by atoms with Crippen LogP contribution in [0.25, 0.3) is 0 Å². The van der Waals surface area contributed by atoms with E-state index in [-0.39, 0.29) is 5.71 Å². The number of rotatable bonds is 9. The number of hydrogen-bond acceptors (Lipinski definition) is 8. The number of para-hydroxylation sites is 2. The molecular weight excluding hydrogens is 336 g/mol. The van der Waals surface area contributed by atoms with Gasteiger partial charge in [-0.2, -0.15) is 10.2 Å². The average Bonchev–Trinajstić information content (AvgIpc) is 2.70. The van der Waals surface area contributed by atoms with E-state index in [0.29, 0.717) is 5.69 Å². The van der Waals surface area contributed by atoms with Crippen molar-refractivity contribution < 1.29 is 20.4 Å². The van der Waals surface area contributed by atoms with Crippen molar-refractivity contribution >= 4 is 23.3 Å². The third kappa shape index (κ3) is 5.94. The molecule has 138 valence electrons. The quantitative estimate of drug-likeness (QED) is 0.288. The maximum Gasteiger partial charge on any atom is 0.128 e. The van der Waals surface area contributed by atoms with Gasteiger partial charge >= 0.3 is 0 Å². The lowest BCUT2D eigenvalue weighted by Gasteiger charge is -2.21. The molecule has 0 aliphatic rings. The molecule has 0 aromatic heterocycles. The van der Waals surface area contributed by atoms with Crippen LogP contribution in [0.1, 0.15) is 0 Å². The second-order valence-electron chi connectivity index (χ2n) is 5.44. The van der Waals surface area contributed by atoms with E-state index in [1.807, 2.05) is 36.4 Å². The number of nitrogens with one attached hydrogen (secondary N) is 2. The number of benzene rings is 2. The first-order valence-electron chi connectivity index (χ1n) is 7.99. The average molecular weight is 358 g/mol. The lowest BCUT2D eigenvalue weighted by atomic mass is 10.0. The number of aliphatic hydroxyl groups is 4. The fourth-order valence-corrected chi connectivity index (χ4v) is 1.99. The molecule has 3 atom stereocenters. The maximum atomic E-state index is 10.2. The van der Waals surface area contributed by atoms with Crippen LogP contribution in [0.3, 0.4) is 0 Å². The van der Waals surface area contributed by atoms with E-state index in [9.17, 15) is 15.3 Å². The summed E-state index contributed by atoms with van der Waals surface area (Å²) in [6, 6.07) is 18.1.